The van der Waals surface area contributed by atoms with Crippen LogP contribution in [0.5, 0.6) is 0 Å². The van der Waals surface area contributed by atoms with Crippen LogP contribution in [0.2, 0.25) is 0 Å². The monoisotopic (exact) mass is 238 g/mol. The van der Waals surface area contributed by atoms with Gasteiger partial charge >= 0.3 is 0 Å². The molecule has 16 heavy (non-hydrogen) atoms. The van der Waals surface area contributed by atoms with Crippen LogP contribution in [0.4, 0.5) is 0 Å². The number of halogens is 1. The summed E-state index contributed by atoms with van der Waals surface area (Å²) < 4.78 is 0. The lowest BCUT2D eigenvalue weighted by Crippen LogP contribution is -2.04. The topological polar surface area (TPSA) is 0 Å². The molecule has 0 bridgehead atoms. The number of hydrogen-bond acceptors (Lipinski definition) is 0. The zero-order valence-electron chi connectivity index (χ0n) is 10.5. The second-order valence-corrected chi connectivity index (χ2v) is 5.19. The Labute approximate surface area is 105 Å². The molecular weight excluding hydrogens is 216 g/mol. The highest BCUT2D eigenvalue weighted by atomic mass is 35.5. The molecule has 0 spiro atoms. The minimum Gasteiger partial charge on any atom is -0.123 e. The molecule has 0 radical (unpaired) electrons. The molecule has 1 rings (SSSR count). The molecule has 0 N–H and O–H groups in total. The van der Waals surface area contributed by atoms with Gasteiger partial charge in [-0.1, -0.05) is 56.9 Å². The van der Waals surface area contributed by atoms with E-state index >= 15 is 0 Å². The molecule has 0 heterocycles. The van der Waals surface area contributed by atoms with Gasteiger partial charge in [-0.25, -0.2) is 0 Å². The lowest BCUT2D eigenvalue weighted by atomic mass is 10.0. The van der Waals surface area contributed by atoms with Crippen LogP contribution in [0.1, 0.15) is 50.2 Å². The van der Waals surface area contributed by atoms with Crippen LogP contribution in [0.15, 0.2) is 24.3 Å². The van der Waals surface area contributed by atoms with E-state index in [2.05, 4.69) is 38.1 Å². The summed E-state index contributed by atoms with van der Waals surface area (Å²) in [7, 11) is 0. The first-order chi connectivity index (χ1) is 7.74. The maximum atomic E-state index is 6.37. The van der Waals surface area contributed by atoms with Crippen LogP contribution >= 0.6 is 11.6 Å². The number of unbranched alkanes of at least 4 members (excludes halogenated alkanes) is 3. The lowest BCUT2D eigenvalue weighted by molar-refractivity contribution is 0.611. The molecule has 1 unspecified atom stereocenters. The van der Waals surface area contributed by atoms with Crippen molar-refractivity contribution in [1.82, 2.24) is 0 Å². The van der Waals surface area contributed by atoms with E-state index in [0.29, 0.717) is 5.38 Å². The number of aryl methyl sites for hydroxylation is 1. The third-order valence-electron chi connectivity index (χ3n) is 3.07. The zero-order chi connectivity index (χ0) is 11.8. The molecule has 0 aliphatic heterocycles. The van der Waals surface area contributed by atoms with E-state index in [9.17, 15) is 0 Å². The van der Waals surface area contributed by atoms with Crippen molar-refractivity contribution < 1.29 is 0 Å². The highest BCUT2D eigenvalue weighted by Crippen LogP contribution is 2.17. The molecule has 1 aromatic carbocycles. The highest BCUT2D eigenvalue weighted by Gasteiger charge is 2.07. The lowest BCUT2D eigenvalue weighted by Gasteiger charge is -2.11. The molecule has 0 fully saturated rings. The summed E-state index contributed by atoms with van der Waals surface area (Å²) in [5.74, 6) is 0. The van der Waals surface area contributed by atoms with Gasteiger partial charge in [0.1, 0.15) is 0 Å². The van der Waals surface area contributed by atoms with Gasteiger partial charge in [0.15, 0.2) is 0 Å². The van der Waals surface area contributed by atoms with Crippen molar-refractivity contribution in [2.45, 2.75) is 57.7 Å². The van der Waals surface area contributed by atoms with Gasteiger partial charge in [0, 0.05) is 5.38 Å². The van der Waals surface area contributed by atoms with E-state index in [1.165, 1.54) is 36.8 Å². The summed E-state index contributed by atoms with van der Waals surface area (Å²) in [6.07, 6.45) is 7.40. The van der Waals surface area contributed by atoms with Crippen molar-refractivity contribution >= 4 is 11.6 Å². The fourth-order valence-corrected chi connectivity index (χ4v) is 2.29. The van der Waals surface area contributed by atoms with Gasteiger partial charge in [0.2, 0.25) is 0 Å². The Morgan fingerprint density at radius 1 is 1.12 bits per heavy atom. The Kier molecular flexibility index (Phi) is 6.56. The predicted molar refractivity (Wildman–Crippen MR) is 73.3 cm³/mol. The van der Waals surface area contributed by atoms with Crippen molar-refractivity contribution in [1.29, 1.82) is 0 Å². The first-order valence-electron chi connectivity index (χ1n) is 6.42. The molecule has 0 amide bonds. The highest BCUT2D eigenvalue weighted by molar-refractivity contribution is 6.20. The number of benzene rings is 1. The maximum absolute atomic E-state index is 6.37. The number of hydrogen-bond donors (Lipinski definition) is 0. The standard InChI is InChI=1S/C15H23Cl/c1-3-4-5-6-11-15(16)12-14-10-8-7-9-13(14)2/h7-10,15H,3-6,11-12H2,1-2H3. The summed E-state index contributed by atoms with van der Waals surface area (Å²) in [4.78, 5) is 0. The normalized spacial score (nSPS) is 12.7. The van der Waals surface area contributed by atoms with E-state index in [1.807, 2.05) is 0 Å². The fourth-order valence-electron chi connectivity index (χ4n) is 1.97. The van der Waals surface area contributed by atoms with E-state index in [-0.39, 0.29) is 0 Å². The SMILES string of the molecule is CCCCCCC(Cl)Cc1ccccc1C. The van der Waals surface area contributed by atoms with Gasteiger partial charge in [0.25, 0.3) is 0 Å². The van der Waals surface area contributed by atoms with Gasteiger partial charge in [-0.3, -0.25) is 0 Å². The molecule has 1 heteroatoms. The number of alkyl halides is 1. The summed E-state index contributed by atoms with van der Waals surface area (Å²) in [5, 5.41) is 0.304. The quantitative estimate of drug-likeness (QED) is 0.457. The maximum Gasteiger partial charge on any atom is 0.0376 e. The molecule has 0 saturated carbocycles. The van der Waals surface area contributed by atoms with Gasteiger partial charge in [-0.2, -0.15) is 0 Å². The molecule has 0 nitrogen and oxygen atoms in total. The average molecular weight is 239 g/mol. The van der Waals surface area contributed by atoms with Crippen molar-refractivity contribution in [3.05, 3.63) is 35.4 Å². The van der Waals surface area contributed by atoms with Gasteiger partial charge in [-0.15, -0.1) is 11.6 Å². The summed E-state index contributed by atoms with van der Waals surface area (Å²) >= 11 is 6.37. The molecule has 0 aliphatic rings. The average Bonchev–Trinajstić information content (AvgIpc) is 2.28. The Bertz CT molecular complexity index is 293. The van der Waals surface area contributed by atoms with E-state index < -0.39 is 0 Å². The second-order valence-electron chi connectivity index (χ2n) is 4.58. The van der Waals surface area contributed by atoms with Gasteiger partial charge in [0.05, 0.1) is 0 Å². The molecule has 1 atom stereocenters. The number of rotatable bonds is 7. The van der Waals surface area contributed by atoms with Crippen molar-refractivity contribution in [2.75, 3.05) is 0 Å². The van der Waals surface area contributed by atoms with Crippen LogP contribution in [0, 0.1) is 6.92 Å². The molecule has 1 aromatic rings. The summed E-state index contributed by atoms with van der Waals surface area (Å²) in [6, 6.07) is 8.54. The van der Waals surface area contributed by atoms with Crippen LogP contribution in [-0.4, -0.2) is 5.38 Å². The Morgan fingerprint density at radius 3 is 2.56 bits per heavy atom. The first-order valence-corrected chi connectivity index (χ1v) is 6.86. The molecular formula is C15H23Cl. The van der Waals surface area contributed by atoms with Crippen LogP contribution < -0.4 is 0 Å². The molecule has 90 valence electrons. The van der Waals surface area contributed by atoms with Crippen LogP contribution in [0.25, 0.3) is 0 Å². The Balaban J connectivity index is 2.28. The summed E-state index contributed by atoms with van der Waals surface area (Å²) in [5.41, 5.74) is 2.76. The van der Waals surface area contributed by atoms with E-state index in [1.54, 1.807) is 0 Å². The van der Waals surface area contributed by atoms with Gasteiger partial charge in [-0.05, 0) is 30.9 Å². The molecule has 0 aliphatic carbocycles. The summed E-state index contributed by atoms with van der Waals surface area (Å²) in [6.45, 7) is 4.40. The Morgan fingerprint density at radius 2 is 1.88 bits per heavy atom. The third kappa shape index (κ3) is 5.03. The molecule has 0 aromatic heterocycles. The van der Waals surface area contributed by atoms with E-state index in [0.717, 1.165) is 12.8 Å². The first kappa shape index (κ1) is 13.6. The van der Waals surface area contributed by atoms with Crippen molar-refractivity contribution in [2.24, 2.45) is 0 Å². The minimum atomic E-state index is 0.304. The molecule has 0 saturated heterocycles. The Hall–Kier alpha value is -0.490. The third-order valence-corrected chi connectivity index (χ3v) is 3.45. The van der Waals surface area contributed by atoms with Crippen molar-refractivity contribution in [3.63, 3.8) is 0 Å². The smallest absolute Gasteiger partial charge is 0.0376 e. The van der Waals surface area contributed by atoms with Crippen LogP contribution in [-0.2, 0) is 6.42 Å². The predicted octanol–water partition coefficient (Wildman–Crippen LogP) is 5.12. The fraction of sp³-hybridized carbons (Fsp3) is 0.600. The van der Waals surface area contributed by atoms with Gasteiger partial charge < -0.3 is 0 Å². The second kappa shape index (κ2) is 7.73. The zero-order valence-corrected chi connectivity index (χ0v) is 11.3. The largest absolute Gasteiger partial charge is 0.123 e. The van der Waals surface area contributed by atoms with Crippen LogP contribution in [0.3, 0.4) is 0 Å². The van der Waals surface area contributed by atoms with Crippen molar-refractivity contribution in [3.8, 4) is 0 Å². The van der Waals surface area contributed by atoms with E-state index in [4.69, 9.17) is 11.6 Å². The minimum absolute atomic E-state index is 0.304.